The Bertz CT molecular complexity index is 296. The SMILES string of the molecule is CCCc1ncc(CC(=O)OCC)s1. The summed E-state index contributed by atoms with van der Waals surface area (Å²) in [4.78, 5) is 16.4. The van der Waals surface area contributed by atoms with Crippen LogP contribution in [-0.4, -0.2) is 17.6 Å². The maximum atomic E-state index is 11.1. The van der Waals surface area contributed by atoms with Crippen LogP contribution in [0.3, 0.4) is 0 Å². The van der Waals surface area contributed by atoms with E-state index in [1.165, 1.54) is 0 Å². The molecular formula is C10H15NO2S. The van der Waals surface area contributed by atoms with Crippen LogP contribution >= 0.6 is 11.3 Å². The zero-order chi connectivity index (χ0) is 10.4. The van der Waals surface area contributed by atoms with E-state index in [0.29, 0.717) is 13.0 Å². The Morgan fingerprint density at radius 2 is 2.36 bits per heavy atom. The fraction of sp³-hybridized carbons (Fsp3) is 0.600. The highest BCUT2D eigenvalue weighted by Crippen LogP contribution is 2.15. The summed E-state index contributed by atoms with van der Waals surface area (Å²) in [7, 11) is 0. The molecule has 0 amide bonds. The summed E-state index contributed by atoms with van der Waals surface area (Å²) in [5.41, 5.74) is 0. The molecule has 14 heavy (non-hydrogen) atoms. The topological polar surface area (TPSA) is 39.2 Å². The van der Waals surface area contributed by atoms with Gasteiger partial charge in [-0.05, 0) is 19.8 Å². The predicted molar refractivity (Wildman–Crippen MR) is 56.4 cm³/mol. The maximum Gasteiger partial charge on any atom is 0.311 e. The Hall–Kier alpha value is -0.900. The highest BCUT2D eigenvalue weighted by molar-refractivity contribution is 7.11. The number of esters is 1. The standard InChI is InChI=1S/C10H15NO2S/c1-3-5-9-11-7-8(14-9)6-10(12)13-4-2/h7H,3-6H2,1-2H3. The molecule has 0 radical (unpaired) electrons. The summed E-state index contributed by atoms with van der Waals surface area (Å²) in [5.74, 6) is -0.167. The van der Waals surface area contributed by atoms with Gasteiger partial charge in [-0.2, -0.15) is 0 Å². The Morgan fingerprint density at radius 1 is 1.57 bits per heavy atom. The van der Waals surface area contributed by atoms with Gasteiger partial charge in [-0.3, -0.25) is 4.79 Å². The van der Waals surface area contributed by atoms with Crippen LogP contribution in [0, 0.1) is 0 Å². The second-order valence-electron chi connectivity index (χ2n) is 2.95. The van der Waals surface area contributed by atoms with Crippen molar-refractivity contribution < 1.29 is 9.53 Å². The third-order valence-corrected chi connectivity index (χ3v) is 2.75. The number of nitrogens with zero attached hydrogens (tertiary/aromatic N) is 1. The molecule has 1 rings (SSSR count). The predicted octanol–water partition coefficient (Wildman–Crippen LogP) is 2.20. The Balaban J connectivity index is 2.46. The van der Waals surface area contributed by atoms with Crippen LogP contribution < -0.4 is 0 Å². The van der Waals surface area contributed by atoms with E-state index in [1.807, 2.05) is 6.92 Å². The number of hydrogen-bond donors (Lipinski definition) is 0. The van der Waals surface area contributed by atoms with Crippen molar-refractivity contribution in [3.63, 3.8) is 0 Å². The summed E-state index contributed by atoms with van der Waals surface area (Å²) in [6.07, 6.45) is 4.21. The average Bonchev–Trinajstić information content (AvgIpc) is 2.53. The molecule has 1 heterocycles. The quantitative estimate of drug-likeness (QED) is 0.704. The Labute approximate surface area is 88.1 Å². The second kappa shape index (κ2) is 5.75. The summed E-state index contributed by atoms with van der Waals surface area (Å²) in [6, 6.07) is 0. The Morgan fingerprint density at radius 3 is 3.00 bits per heavy atom. The van der Waals surface area contributed by atoms with Gasteiger partial charge in [-0.15, -0.1) is 11.3 Å². The summed E-state index contributed by atoms with van der Waals surface area (Å²) < 4.78 is 4.85. The molecule has 0 fully saturated rings. The van der Waals surface area contributed by atoms with Gasteiger partial charge >= 0.3 is 5.97 Å². The molecule has 0 spiro atoms. The number of thiazole rings is 1. The normalized spacial score (nSPS) is 10.1. The third kappa shape index (κ3) is 3.46. The van der Waals surface area contributed by atoms with E-state index in [0.717, 1.165) is 22.7 Å². The molecular weight excluding hydrogens is 198 g/mol. The second-order valence-corrected chi connectivity index (χ2v) is 4.15. The number of carbonyl (C=O) groups excluding carboxylic acids is 1. The monoisotopic (exact) mass is 213 g/mol. The van der Waals surface area contributed by atoms with Gasteiger partial charge < -0.3 is 4.74 Å². The molecule has 0 atom stereocenters. The van der Waals surface area contributed by atoms with E-state index in [2.05, 4.69) is 11.9 Å². The highest BCUT2D eigenvalue weighted by atomic mass is 32.1. The van der Waals surface area contributed by atoms with Gasteiger partial charge in [0.1, 0.15) is 0 Å². The molecule has 0 aliphatic rings. The van der Waals surface area contributed by atoms with Crippen molar-refractivity contribution in [3.8, 4) is 0 Å². The van der Waals surface area contributed by atoms with Gasteiger partial charge in [-0.1, -0.05) is 6.92 Å². The van der Waals surface area contributed by atoms with Crippen molar-refractivity contribution in [3.05, 3.63) is 16.1 Å². The van der Waals surface area contributed by atoms with E-state index < -0.39 is 0 Å². The summed E-state index contributed by atoms with van der Waals surface area (Å²) in [5, 5.41) is 1.10. The van der Waals surface area contributed by atoms with Gasteiger partial charge in [0, 0.05) is 11.1 Å². The minimum atomic E-state index is -0.167. The first-order chi connectivity index (χ1) is 6.76. The number of aromatic nitrogens is 1. The van der Waals surface area contributed by atoms with Gasteiger partial charge in [0.05, 0.1) is 18.0 Å². The average molecular weight is 213 g/mol. The van der Waals surface area contributed by atoms with E-state index in [4.69, 9.17) is 4.74 Å². The van der Waals surface area contributed by atoms with Crippen molar-refractivity contribution in [2.24, 2.45) is 0 Å². The van der Waals surface area contributed by atoms with Crippen LogP contribution in [0.2, 0.25) is 0 Å². The lowest BCUT2D eigenvalue weighted by Gasteiger charge is -1.97. The number of ether oxygens (including phenoxy) is 1. The van der Waals surface area contributed by atoms with Gasteiger partial charge in [0.15, 0.2) is 0 Å². The smallest absolute Gasteiger partial charge is 0.311 e. The van der Waals surface area contributed by atoms with Crippen molar-refractivity contribution in [2.45, 2.75) is 33.1 Å². The minimum absolute atomic E-state index is 0.167. The summed E-state index contributed by atoms with van der Waals surface area (Å²) >= 11 is 1.60. The largest absolute Gasteiger partial charge is 0.466 e. The van der Waals surface area contributed by atoms with E-state index in [9.17, 15) is 4.79 Å². The molecule has 78 valence electrons. The van der Waals surface area contributed by atoms with Crippen LogP contribution in [-0.2, 0) is 22.4 Å². The van der Waals surface area contributed by atoms with Crippen LogP contribution in [0.15, 0.2) is 6.20 Å². The zero-order valence-electron chi connectivity index (χ0n) is 8.58. The van der Waals surface area contributed by atoms with E-state index in [1.54, 1.807) is 17.5 Å². The van der Waals surface area contributed by atoms with Gasteiger partial charge in [-0.25, -0.2) is 4.98 Å². The van der Waals surface area contributed by atoms with Crippen molar-refractivity contribution in [1.29, 1.82) is 0 Å². The van der Waals surface area contributed by atoms with E-state index >= 15 is 0 Å². The number of aryl methyl sites for hydroxylation is 1. The number of carbonyl (C=O) groups is 1. The first kappa shape index (κ1) is 11.2. The minimum Gasteiger partial charge on any atom is -0.466 e. The number of hydrogen-bond acceptors (Lipinski definition) is 4. The molecule has 0 unspecified atom stereocenters. The molecule has 4 heteroatoms. The number of rotatable bonds is 5. The molecule has 1 aromatic rings. The van der Waals surface area contributed by atoms with Crippen molar-refractivity contribution in [2.75, 3.05) is 6.61 Å². The molecule has 1 aromatic heterocycles. The highest BCUT2D eigenvalue weighted by Gasteiger charge is 2.07. The molecule has 0 aliphatic heterocycles. The van der Waals surface area contributed by atoms with Crippen LogP contribution in [0.5, 0.6) is 0 Å². The third-order valence-electron chi connectivity index (χ3n) is 1.69. The zero-order valence-corrected chi connectivity index (χ0v) is 9.39. The van der Waals surface area contributed by atoms with Crippen molar-refractivity contribution >= 4 is 17.3 Å². The lowest BCUT2D eigenvalue weighted by Crippen LogP contribution is -2.06. The molecule has 0 aromatic carbocycles. The molecule has 3 nitrogen and oxygen atoms in total. The first-order valence-electron chi connectivity index (χ1n) is 4.85. The molecule has 0 saturated heterocycles. The molecule has 0 aliphatic carbocycles. The van der Waals surface area contributed by atoms with Crippen LogP contribution in [0.1, 0.15) is 30.2 Å². The van der Waals surface area contributed by atoms with Gasteiger partial charge in [0.25, 0.3) is 0 Å². The van der Waals surface area contributed by atoms with Crippen molar-refractivity contribution in [1.82, 2.24) is 4.98 Å². The lowest BCUT2D eigenvalue weighted by molar-refractivity contribution is -0.142. The van der Waals surface area contributed by atoms with Crippen LogP contribution in [0.4, 0.5) is 0 Å². The Kier molecular flexibility index (Phi) is 4.59. The fourth-order valence-electron chi connectivity index (χ4n) is 1.11. The lowest BCUT2D eigenvalue weighted by atomic mass is 10.3. The molecule has 0 saturated carbocycles. The van der Waals surface area contributed by atoms with Gasteiger partial charge in [0.2, 0.25) is 0 Å². The first-order valence-corrected chi connectivity index (χ1v) is 5.67. The summed E-state index contributed by atoms with van der Waals surface area (Å²) in [6.45, 7) is 4.37. The fourth-order valence-corrected chi connectivity index (χ4v) is 2.12. The molecule has 0 N–H and O–H groups in total. The van der Waals surface area contributed by atoms with Crippen LogP contribution in [0.25, 0.3) is 0 Å². The molecule has 0 bridgehead atoms. The maximum absolute atomic E-state index is 11.1. The van der Waals surface area contributed by atoms with E-state index in [-0.39, 0.29) is 5.97 Å².